The highest BCUT2D eigenvalue weighted by Gasteiger charge is 2.43. The van der Waals surface area contributed by atoms with E-state index >= 15 is 0 Å². The minimum absolute atomic E-state index is 0.0104. The van der Waals surface area contributed by atoms with Crippen LogP contribution in [0.25, 0.3) is 0 Å². The minimum Gasteiger partial charge on any atom is -0.102 e. The van der Waals surface area contributed by atoms with Crippen molar-refractivity contribution in [3.05, 3.63) is 0 Å². The molecule has 18 atom stereocenters. The molecule has 0 aliphatic heterocycles. The molecule has 0 radical (unpaired) electrons. The quantitative estimate of drug-likeness (QED) is 0.162. The highest BCUT2D eigenvalue weighted by Crippen LogP contribution is 3.31. The van der Waals surface area contributed by atoms with Crippen LogP contribution in [0.5, 0.6) is 0 Å². The fraction of sp³-hybridized carbons (Fsp3) is 0. The maximum absolute atomic E-state index is 3.39. The van der Waals surface area contributed by atoms with Crippen molar-refractivity contribution in [2.75, 3.05) is 0 Å². The zero-order valence-corrected chi connectivity index (χ0v) is 44.9. The van der Waals surface area contributed by atoms with Gasteiger partial charge < -0.3 is 0 Å². The summed E-state index contributed by atoms with van der Waals surface area (Å²) in [7, 11) is 49.9. The van der Waals surface area contributed by atoms with Crippen molar-refractivity contribution in [3.63, 3.8) is 0 Å². The van der Waals surface area contributed by atoms with Gasteiger partial charge >= 0.3 is 0 Å². The predicted molar refractivity (Wildman–Crippen MR) is 244 cm³/mol. The van der Waals surface area contributed by atoms with Crippen LogP contribution in [0.3, 0.4) is 0 Å². The Morgan fingerprint density at radius 1 is 0.310 bits per heavy atom. The van der Waals surface area contributed by atoms with Crippen molar-refractivity contribution in [3.8, 4) is 0 Å². The third-order valence-electron chi connectivity index (χ3n) is 2.36. The summed E-state index contributed by atoms with van der Waals surface area (Å²) in [6.45, 7) is 0.420. The van der Waals surface area contributed by atoms with E-state index in [1.165, 1.54) is 7.96 Å². The molecule has 0 rings (SSSR count). The Kier molecular flexibility index (Phi) is 32.7. The lowest BCUT2D eigenvalue weighted by Gasteiger charge is -2.46. The normalized spacial score (nSPS) is 16.3. The van der Waals surface area contributed by atoms with Gasteiger partial charge in [0.15, 0.2) is 0 Å². The van der Waals surface area contributed by atoms with Crippen molar-refractivity contribution < 1.29 is 0 Å². The van der Waals surface area contributed by atoms with E-state index in [1.54, 1.807) is 0 Å². The predicted octanol–water partition coefficient (Wildman–Crippen LogP) is 16.7. The van der Waals surface area contributed by atoms with Crippen molar-refractivity contribution >= 4 is 233 Å². The van der Waals surface area contributed by atoms with Gasteiger partial charge in [0, 0.05) is 0 Å². The summed E-state index contributed by atoms with van der Waals surface area (Å²) in [5.41, 5.74) is 0. The zero-order valence-electron chi connectivity index (χ0n) is 15.0. The van der Waals surface area contributed by atoms with Crippen LogP contribution in [-0.4, -0.2) is 0 Å². The van der Waals surface area contributed by atoms with E-state index in [0.717, 1.165) is 0 Å². The van der Waals surface area contributed by atoms with Crippen LogP contribution in [0.2, 0.25) is 0 Å². The van der Waals surface area contributed by atoms with Gasteiger partial charge in [-0.15, -0.1) is 134 Å². The molecule has 0 saturated heterocycles. The molecule has 29 heteroatoms. The van der Waals surface area contributed by atoms with E-state index in [9.17, 15) is 0 Å². The van der Waals surface area contributed by atoms with Crippen LogP contribution in [-0.2, 0) is 0 Å². The van der Waals surface area contributed by atoms with Crippen molar-refractivity contribution in [1.82, 2.24) is 0 Å². The number of rotatable bonds is 13. The van der Waals surface area contributed by atoms with E-state index in [0.29, 0.717) is 0 Å². The van der Waals surface area contributed by atoms with Gasteiger partial charge in [-0.2, -0.15) is 0 Å². The van der Waals surface area contributed by atoms with Gasteiger partial charge in [0.2, 0.25) is 0 Å². The molecule has 0 aromatic carbocycles. The average Bonchev–Trinajstić information content (AvgIpc) is 2.50. The third kappa shape index (κ3) is 16.4. The van der Waals surface area contributed by atoms with E-state index in [1.807, 2.05) is 0 Å². The topological polar surface area (TPSA) is 0 Å². The average molecular weight is 929 g/mol. The van der Waals surface area contributed by atoms with Gasteiger partial charge in [0.1, 0.15) is 0 Å². The molecule has 18 unspecified atom stereocenters. The van der Waals surface area contributed by atoms with E-state index in [-0.39, 0.29) is 90.8 Å². The molecule has 176 valence electrons. The molecule has 0 amide bonds. The monoisotopic (exact) mass is 929 g/mol. The van der Waals surface area contributed by atoms with Crippen molar-refractivity contribution in [2.45, 2.75) is 0 Å². The van der Waals surface area contributed by atoms with Crippen molar-refractivity contribution in [1.29, 1.82) is 0 Å². The molecular formula is H31P29. The molecule has 29 heavy (non-hydrogen) atoms. The van der Waals surface area contributed by atoms with Crippen LogP contribution >= 0.6 is 233 Å². The first-order chi connectivity index (χ1) is 13.1. The second-order valence-electron chi connectivity index (χ2n) is 4.46. The number of hydrogen-bond donors (Lipinski definition) is 0. The van der Waals surface area contributed by atoms with Crippen LogP contribution in [0.1, 0.15) is 0 Å². The maximum Gasteiger partial charge on any atom is -0.00561 e. The Balaban J connectivity index is 6.41. The Morgan fingerprint density at radius 2 is 0.552 bits per heavy atom. The molecule has 0 saturated carbocycles. The highest BCUT2D eigenvalue weighted by atomic mass is 33.4. The van der Waals surface area contributed by atoms with E-state index in [4.69, 9.17) is 0 Å². The van der Waals surface area contributed by atoms with Crippen LogP contribution < -0.4 is 0 Å². The van der Waals surface area contributed by atoms with Crippen molar-refractivity contribution in [2.24, 2.45) is 0 Å². The Morgan fingerprint density at radius 3 is 0.759 bits per heavy atom. The molecule has 0 aromatic rings. The van der Waals surface area contributed by atoms with Crippen LogP contribution in [0, 0.1) is 0 Å². The molecule has 0 N–H and O–H groups in total. The summed E-state index contributed by atoms with van der Waals surface area (Å²) in [6, 6.07) is 0. The SMILES string of the molecule is PP(P)P(P)P(PP(P(P(P)P)P(P)P)P(P(P)P)P(P)P)P(P(P)P)P(P)P. The smallest absolute Gasteiger partial charge is 0.00561 e. The lowest BCUT2D eigenvalue weighted by atomic mass is 28.5. The van der Waals surface area contributed by atoms with Gasteiger partial charge in [-0.1, -0.05) is 0 Å². The molecule has 0 fully saturated rings. The lowest BCUT2D eigenvalue weighted by Crippen LogP contribution is -1.57. The summed E-state index contributed by atoms with van der Waals surface area (Å²) >= 11 is 0. The molecule has 0 bridgehead atoms. The summed E-state index contributed by atoms with van der Waals surface area (Å²) in [5, 5.41) is 0. The fourth-order valence-electron chi connectivity index (χ4n) is 1.44. The fourth-order valence-corrected chi connectivity index (χ4v) is 350. The molecule has 0 aliphatic rings. The molecule has 0 spiro atoms. The van der Waals surface area contributed by atoms with Gasteiger partial charge in [-0.3, -0.25) is 0 Å². The lowest BCUT2D eigenvalue weighted by molar-refractivity contribution is 4.49. The first-order valence-electron chi connectivity index (χ1n) is 6.52. The van der Waals surface area contributed by atoms with E-state index in [2.05, 4.69) is 134 Å². The molecule has 0 nitrogen and oxygen atoms in total. The maximum atomic E-state index is 3.39. The Hall–Kier alpha value is 12.5. The largest absolute Gasteiger partial charge is 0.102 e. The Labute approximate surface area is 230 Å². The second-order valence-corrected chi connectivity index (χ2v) is 121. The van der Waals surface area contributed by atoms with Crippen LogP contribution in [0.4, 0.5) is 0 Å². The summed E-state index contributed by atoms with van der Waals surface area (Å²) in [6.07, 6.45) is 0. The summed E-state index contributed by atoms with van der Waals surface area (Å²) in [4.78, 5) is 0. The second kappa shape index (κ2) is 22.9. The van der Waals surface area contributed by atoms with Gasteiger partial charge in [-0.05, 0) is 98.8 Å². The van der Waals surface area contributed by atoms with Gasteiger partial charge in [0.25, 0.3) is 0 Å². The van der Waals surface area contributed by atoms with Gasteiger partial charge in [-0.25, -0.2) is 0 Å². The third-order valence-corrected chi connectivity index (χ3v) is 191. The van der Waals surface area contributed by atoms with Crippen LogP contribution in [0.15, 0.2) is 0 Å². The molecule has 0 heterocycles. The molecule has 0 aromatic heterocycles. The zero-order chi connectivity index (χ0) is 23.2. The Bertz CT molecular complexity index is 368. The van der Waals surface area contributed by atoms with Gasteiger partial charge in [0.05, 0.1) is 0 Å². The standard InChI is InChI=1S/H31P29/c1-17(2)24(15)25(27(18(3)4)19(5)6)16-26(28(20(7)8)21(9)10)29(22(11)12)23(13)14/h16H,1-15H2. The number of hydrogen-bond acceptors (Lipinski definition) is 0. The summed E-state index contributed by atoms with van der Waals surface area (Å²) in [5.74, 6) is 0. The summed E-state index contributed by atoms with van der Waals surface area (Å²) < 4.78 is 0. The van der Waals surface area contributed by atoms with E-state index < -0.39 is 0 Å². The molecule has 0 aliphatic carbocycles. The minimum atomic E-state index is -0.0163. The first-order valence-corrected chi connectivity index (χ1v) is 58.7. The highest BCUT2D eigenvalue weighted by molar-refractivity contribution is 9.37. The first kappa shape index (κ1) is 41.5. The molecular weight excluding hydrogens is 898 g/mol.